The largest absolute Gasteiger partial charge is 0.494 e. The summed E-state index contributed by atoms with van der Waals surface area (Å²) >= 11 is 0. The summed E-state index contributed by atoms with van der Waals surface area (Å²) in [6.07, 6.45) is 0.644. The first-order valence-corrected chi connectivity index (χ1v) is 5.92. The van der Waals surface area contributed by atoms with Crippen LogP contribution in [-0.2, 0) is 11.3 Å². The fourth-order valence-corrected chi connectivity index (χ4v) is 1.42. The summed E-state index contributed by atoms with van der Waals surface area (Å²) in [6, 6.07) is 7.24. The van der Waals surface area contributed by atoms with Gasteiger partial charge in [-0.05, 0) is 31.0 Å². The molecule has 94 valence electrons. The zero-order valence-corrected chi connectivity index (χ0v) is 10.4. The molecule has 0 unspecified atom stereocenters. The number of nitrogens with one attached hydrogen (secondary N) is 1. The number of rotatable bonds is 6. The molecule has 0 saturated carbocycles. The van der Waals surface area contributed by atoms with Gasteiger partial charge >= 0.3 is 0 Å². The molecule has 17 heavy (non-hydrogen) atoms. The second-order valence-electron chi connectivity index (χ2n) is 3.81. The maximum Gasteiger partial charge on any atom is 0.237 e. The average molecular weight is 236 g/mol. The van der Waals surface area contributed by atoms with Gasteiger partial charge in [-0.1, -0.05) is 19.1 Å². The second-order valence-corrected chi connectivity index (χ2v) is 3.81. The van der Waals surface area contributed by atoms with E-state index >= 15 is 0 Å². The lowest BCUT2D eigenvalue weighted by Gasteiger charge is -2.10. The van der Waals surface area contributed by atoms with E-state index in [9.17, 15) is 4.79 Å². The lowest BCUT2D eigenvalue weighted by molar-refractivity contribution is -0.122. The third kappa shape index (κ3) is 4.44. The third-order valence-electron chi connectivity index (χ3n) is 2.45. The van der Waals surface area contributed by atoms with Crippen LogP contribution in [0.5, 0.6) is 5.75 Å². The maximum absolute atomic E-state index is 11.5. The van der Waals surface area contributed by atoms with Crippen molar-refractivity contribution in [1.29, 1.82) is 0 Å². The van der Waals surface area contributed by atoms with Crippen LogP contribution in [0.15, 0.2) is 24.3 Å². The molecule has 1 aromatic carbocycles. The highest BCUT2D eigenvalue weighted by atomic mass is 16.5. The minimum absolute atomic E-state index is 0.116. The van der Waals surface area contributed by atoms with E-state index in [1.165, 1.54) is 0 Å². The minimum Gasteiger partial charge on any atom is -0.494 e. The van der Waals surface area contributed by atoms with Gasteiger partial charge in [-0.2, -0.15) is 0 Å². The second kappa shape index (κ2) is 6.91. The molecular weight excluding hydrogens is 216 g/mol. The first kappa shape index (κ1) is 13.5. The normalized spacial score (nSPS) is 11.9. The molecule has 1 atom stereocenters. The van der Waals surface area contributed by atoms with Crippen LogP contribution in [0.3, 0.4) is 0 Å². The Morgan fingerprint density at radius 2 is 2.24 bits per heavy atom. The van der Waals surface area contributed by atoms with Crippen LogP contribution in [0.4, 0.5) is 0 Å². The van der Waals surface area contributed by atoms with Crippen molar-refractivity contribution in [1.82, 2.24) is 5.32 Å². The van der Waals surface area contributed by atoms with Crippen molar-refractivity contribution in [3.8, 4) is 5.75 Å². The lowest BCUT2D eigenvalue weighted by atomic mass is 10.2. The number of hydrogen-bond acceptors (Lipinski definition) is 3. The molecule has 0 aromatic heterocycles. The summed E-state index contributed by atoms with van der Waals surface area (Å²) in [6.45, 7) is 4.94. The lowest BCUT2D eigenvalue weighted by Crippen LogP contribution is -2.39. The van der Waals surface area contributed by atoms with Crippen molar-refractivity contribution in [2.24, 2.45) is 5.73 Å². The molecule has 0 spiro atoms. The van der Waals surface area contributed by atoms with Gasteiger partial charge in [0.2, 0.25) is 5.91 Å². The topological polar surface area (TPSA) is 64.3 Å². The average Bonchev–Trinajstić information content (AvgIpc) is 2.36. The van der Waals surface area contributed by atoms with Crippen LogP contribution in [0.25, 0.3) is 0 Å². The van der Waals surface area contributed by atoms with Gasteiger partial charge in [0.25, 0.3) is 0 Å². The van der Waals surface area contributed by atoms with E-state index in [4.69, 9.17) is 10.5 Å². The Kier molecular flexibility index (Phi) is 5.49. The molecule has 0 heterocycles. The van der Waals surface area contributed by atoms with Crippen LogP contribution in [-0.4, -0.2) is 18.6 Å². The van der Waals surface area contributed by atoms with Crippen molar-refractivity contribution in [3.05, 3.63) is 29.8 Å². The van der Waals surface area contributed by atoms with Gasteiger partial charge in [0.05, 0.1) is 12.6 Å². The number of hydrogen-bond donors (Lipinski definition) is 2. The fourth-order valence-electron chi connectivity index (χ4n) is 1.42. The van der Waals surface area contributed by atoms with Crippen LogP contribution in [0.2, 0.25) is 0 Å². The highest BCUT2D eigenvalue weighted by Crippen LogP contribution is 2.12. The molecule has 0 bridgehead atoms. The molecule has 4 heteroatoms. The van der Waals surface area contributed by atoms with Gasteiger partial charge in [-0.15, -0.1) is 0 Å². The summed E-state index contributed by atoms with van der Waals surface area (Å²) < 4.78 is 5.38. The Hall–Kier alpha value is -1.55. The van der Waals surface area contributed by atoms with Gasteiger partial charge in [-0.25, -0.2) is 0 Å². The third-order valence-corrected chi connectivity index (χ3v) is 2.45. The van der Waals surface area contributed by atoms with Gasteiger partial charge < -0.3 is 15.8 Å². The zero-order valence-electron chi connectivity index (χ0n) is 10.4. The summed E-state index contributed by atoms with van der Waals surface area (Å²) in [5.41, 5.74) is 6.63. The van der Waals surface area contributed by atoms with E-state index in [1.54, 1.807) is 0 Å². The van der Waals surface area contributed by atoms with Crippen molar-refractivity contribution < 1.29 is 9.53 Å². The molecule has 0 radical (unpaired) electrons. The van der Waals surface area contributed by atoms with Crippen molar-refractivity contribution >= 4 is 5.91 Å². The molecule has 0 aliphatic carbocycles. The number of ether oxygens (including phenoxy) is 1. The van der Waals surface area contributed by atoms with Crippen LogP contribution < -0.4 is 15.8 Å². The van der Waals surface area contributed by atoms with E-state index in [1.807, 2.05) is 38.1 Å². The summed E-state index contributed by atoms with van der Waals surface area (Å²) in [5.74, 6) is 0.702. The molecule has 3 N–H and O–H groups in total. The molecular formula is C13H20N2O2. The Morgan fingerprint density at radius 1 is 1.47 bits per heavy atom. The smallest absolute Gasteiger partial charge is 0.237 e. The van der Waals surface area contributed by atoms with E-state index in [2.05, 4.69) is 5.32 Å². The quantitative estimate of drug-likeness (QED) is 0.785. The van der Waals surface area contributed by atoms with Crippen molar-refractivity contribution in [3.63, 3.8) is 0 Å². The van der Waals surface area contributed by atoms with Gasteiger partial charge in [-0.3, -0.25) is 4.79 Å². The van der Waals surface area contributed by atoms with Gasteiger partial charge in [0.1, 0.15) is 5.75 Å². The van der Waals surface area contributed by atoms with Crippen molar-refractivity contribution in [2.75, 3.05) is 6.61 Å². The highest BCUT2D eigenvalue weighted by Gasteiger charge is 2.09. The number of amides is 1. The molecule has 0 aliphatic rings. The Bertz CT molecular complexity index is 366. The number of benzene rings is 1. The monoisotopic (exact) mass is 236 g/mol. The Labute approximate surface area is 102 Å². The van der Waals surface area contributed by atoms with Crippen molar-refractivity contribution in [2.45, 2.75) is 32.9 Å². The van der Waals surface area contributed by atoms with Gasteiger partial charge in [0, 0.05) is 6.54 Å². The van der Waals surface area contributed by atoms with E-state index in [0.717, 1.165) is 11.3 Å². The zero-order chi connectivity index (χ0) is 12.7. The first-order chi connectivity index (χ1) is 8.17. The Morgan fingerprint density at radius 3 is 2.88 bits per heavy atom. The molecule has 1 rings (SSSR count). The molecule has 1 aromatic rings. The predicted molar refractivity (Wildman–Crippen MR) is 67.7 cm³/mol. The van der Waals surface area contributed by atoms with E-state index < -0.39 is 6.04 Å². The molecule has 1 amide bonds. The standard InChI is InChI=1S/C13H20N2O2/c1-3-12(14)13(16)15-9-10-6-5-7-11(8-10)17-4-2/h5-8,12H,3-4,9,14H2,1-2H3,(H,15,16)/t12-/m1/s1. The summed E-state index contributed by atoms with van der Waals surface area (Å²) in [5, 5.41) is 2.80. The fraction of sp³-hybridized carbons (Fsp3) is 0.462. The van der Waals surface area contributed by atoms with Gasteiger partial charge in [0.15, 0.2) is 0 Å². The highest BCUT2D eigenvalue weighted by molar-refractivity contribution is 5.81. The number of nitrogens with two attached hydrogens (primary N) is 1. The molecule has 0 fully saturated rings. The van der Waals surface area contributed by atoms with Crippen LogP contribution in [0.1, 0.15) is 25.8 Å². The number of carbonyl (C=O) groups is 1. The summed E-state index contributed by atoms with van der Waals surface area (Å²) in [7, 11) is 0. The molecule has 0 aliphatic heterocycles. The molecule has 4 nitrogen and oxygen atoms in total. The van der Waals surface area contributed by atoms with E-state index in [-0.39, 0.29) is 5.91 Å². The van der Waals surface area contributed by atoms with E-state index in [0.29, 0.717) is 19.6 Å². The first-order valence-electron chi connectivity index (χ1n) is 5.92. The minimum atomic E-state index is -0.426. The SMILES string of the molecule is CCOc1cccc(CNC(=O)[C@H](N)CC)c1. The Balaban J connectivity index is 2.51. The predicted octanol–water partition coefficient (Wildman–Crippen LogP) is 1.44. The molecule has 0 saturated heterocycles. The van der Waals surface area contributed by atoms with Crippen LogP contribution >= 0.6 is 0 Å². The van der Waals surface area contributed by atoms with Crippen LogP contribution in [0, 0.1) is 0 Å². The number of carbonyl (C=O) groups excluding carboxylic acids is 1. The summed E-state index contributed by atoms with van der Waals surface area (Å²) in [4.78, 5) is 11.5. The maximum atomic E-state index is 11.5.